The van der Waals surface area contributed by atoms with Crippen molar-refractivity contribution in [2.24, 2.45) is 4.99 Å². The second kappa shape index (κ2) is 6.70. The van der Waals surface area contributed by atoms with Gasteiger partial charge in [-0.1, -0.05) is 24.3 Å². The molecule has 1 unspecified atom stereocenters. The summed E-state index contributed by atoms with van der Waals surface area (Å²) in [6.07, 6.45) is 1.87. The molecule has 0 spiro atoms. The molecule has 6 nitrogen and oxygen atoms in total. The van der Waals surface area contributed by atoms with Crippen LogP contribution in [-0.4, -0.2) is 34.6 Å². The Morgan fingerprint density at radius 1 is 1.42 bits per heavy atom. The highest BCUT2D eigenvalue weighted by Crippen LogP contribution is 2.28. The van der Waals surface area contributed by atoms with E-state index in [1.54, 1.807) is 11.3 Å². The first-order valence-corrected chi connectivity index (χ1v) is 8.59. The molecule has 0 aliphatic carbocycles. The van der Waals surface area contributed by atoms with Crippen molar-refractivity contribution in [1.82, 2.24) is 15.4 Å². The molecule has 7 heteroatoms. The van der Waals surface area contributed by atoms with E-state index in [9.17, 15) is 4.79 Å². The van der Waals surface area contributed by atoms with E-state index in [2.05, 4.69) is 15.3 Å². The van der Waals surface area contributed by atoms with E-state index < -0.39 is 5.72 Å². The third-order valence-electron chi connectivity index (χ3n) is 3.77. The minimum Gasteiger partial charge on any atom is -0.349 e. The van der Waals surface area contributed by atoms with E-state index in [1.165, 1.54) is 11.3 Å². The van der Waals surface area contributed by atoms with Crippen LogP contribution in [0.25, 0.3) is 0 Å². The Kier molecular flexibility index (Phi) is 4.64. The number of hydrogen-bond acceptors (Lipinski definition) is 6. The highest BCUT2D eigenvalue weighted by molar-refractivity contribution is 7.09. The molecular formula is C17H20N4O2S. The fraction of sp³-hybridized carbons (Fsp3) is 0.353. The van der Waals surface area contributed by atoms with Gasteiger partial charge in [-0.3, -0.25) is 4.79 Å². The lowest BCUT2D eigenvalue weighted by molar-refractivity contribution is -0.166. The van der Waals surface area contributed by atoms with Gasteiger partial charge in [-0.15, -0.1) is 11.3 Å². The molecule has 0 saturated carbocycles. The zero-order valence-corrected chi connectivity index (χ0v) is 14.8. The lowest BCUT2D eigenvalue weighted by Gasteiger charge is -2.21. The lowest BCUT2D eigenvalue weighted by atomic mass is 10.1. The summed E-state index contributed by atoms with van der Waals surface area (Å²) in [5, 5.41) is 7.26. The van der Waals surface area contributed by atoms with Gasteiger partial charge >= 0.3 is 0 Å². The van der Waals surface area contributed by atoms with E-state index in [0.717, 1.165) is 22.0 Å². The molecule has 0 bridgehead atoms. The monoisotopic (exact) mass is 344 g/mol. The Morgan fingerprint density at radius 2 is 2.21 bits per heavy atom. The van der Waals surface area contributed by atoms with Crippen molar-refractivity contribution in [1.29, 1.82) is 0 Å². The number of rotatable bonds is 5. The third kappa shape index (κ3) is 3.63. The molecule has 1 N–H and O–H groups in total. The Morgan fingerprint density at radius 3 is 2.92 bits per heavy atom. The topological polar surface area (TPSA) is 66.8 Å². The van der Waals surface area contributed by atoms with Crippen LogP contribution in [0.4, 0.5) is 0 Å². The number of hydroxylamine groups is 2. The summed E-state index contributed by atoms with van der Waals surface area (Å²) in [4.78, 5) is 26.9. The maximum atomic E-state index is 12.2. The summed E-state index contributed by atoms with van der Waals surface area (Å²) < 4.78 is 0. The minimum absolute atomic E-state index is 0.115. The van der Waals surface area contributed by atoms with E-state index in [4.69, 9.17) is 4.84 Å². The van der Waals surface area contributed by atoms with Crippen LogP contribution in [0.1, 0.15) is 29.5 Å². The van der Waals surface area contributed by atoms with E-state index in [1.807, 2.05) is 50.5 Å². The van der Waals surface area contributed by atoms with E-state index in [-0.39, 0.29) is 12.3 Å². The molecule has 1 aliphatic heterocycles. The van der Waals surface area contributed by atoms with Crippen LogP contribution >= 0.6 is 11.3 Å². The third-order valence-corrected chi connectivity index (χ3v) is 4.55. The number of thiazole rings is 1. The molecule has 1 aromatic carbocycles. The Bertz CT molecular complexity index is 760. The normalized spacial score (nSPS) is 20.1. The zero-order chi connectivity index (χ0) is 17.2. The number of amidine groups is 1. The molecule has 2 heterocycles. The molecule has 0 fully saturated rings. The molecular weight excluding hydrogens is 324 g/mol. The molecule has 0 radical (unpaired) electrons. The summed E-state index contributed by atoms with van der Waals surface area (Å²) in [5.41, 5.74) is 1.22. The van der Waals surface area contributed by atoms with Gasteiger partial charge in [0.05, 0.1) is 13.0 Å². The smallest absolute Gasteiger partial charge is 0.225 e. The van der Waals surface area contributed by atoms with Crippen LogP contribution < -0.4 is 5.32 Å². The second-order valence-electron chi connectivity index (χ2n) is 5.89. The van der Waals surface area contributed by atoms with Crippen LogP contribution in [0.3, 0.4) is 0 Å². The number of nitrogens with one attached hydrogen (secondary N) is 1. The Labute approximate surface area is 145 Å². The molecule has 0 saturated heterocycles. The van der Waals surface area contributed by atoms with Crippen LogP contribution in [0.15, 0.2) is 40.8 Å². The van der Waals surface area contributed by atoms with Gasteiger partial charge in [0.1, 0.15) is 5.01 Å². The predicted molar refractivity (Wildman–Crippen MR) is 93.5 cm³/mol. The van der Waals surface area contributed by atoms with Crippen molar-refractivity contribution >= 4 is 23.1 Å². The molecule has 126 valence electrons. The summed E-state index contributed by atoms with van der Waals surface area (Å²) in [7, 11) is 1.81. The molecule has 24 heavy (non-hydrogen) atoms. The largest absolute Gasteiger partial charge is 0.349 e. The summed E-state index contributed by atoms with van der Waals surface area (Å²) in [6, 6.07) is 7.99. The van der Waals surface area contributed by atoms with E-state index in [0.29, 0.717) is 6.54 Å². The zero-order valence-electron chi connectivity index (χ0n) is 13.9. The van der Waals surface area contributed by atoms with E-state index >= 15 is 0 Å². The van der Waals surface area contributed by atoms with Gasteiger partial charge in [0, 0.05) is 24.2 Å². The SMILES string of the molecule is Cc1ccccc1C1=NC(C)(CC(=O)NCc2nccs2)ON1C. The van der Waals surface area contributed by atoms with Gasteiger partial charge in [0.25, 0.3) is 0 Å². The van der Waals surface area contributed by atoms with Crippen LogP contribution in [0.2, 0.25) is 0 Å². The molecule has 1 aromatic heterocycles. The van der Waals surface area contributed by atoms with Gasteiger partial charge in [-0.05, 0) is 19.4 Å². The number of benzene rings is 1. The number of carbonyl (C=O) groups excluding carboxylic acids is 1. The van der Waals surface area contributed by atoms with Crippen molar-refractivity contribution in [3.63, 3.8) is 0 Å². The number of aliphatic imine (C=N–C) groups is 1. The summed E-state index contributed by atoms with van der Waals surface area (Å²) >= 11 is 1.51. The molecule has 2 aromatic rings. The fourth-order valence-electron chi connectivity index (χ4n) is 2.65. The summed E-state index contributed by atoms with van der Waals surface area (Å²) in [6.45, 7) is 4.27. The van der Waals surface area contributed by atoms with Crippen molar-refractivity contribution in [3.05, 3.63) is 52.0 Å². The first kappa shape index (κ1) is 16.6. The first-order valence-electron chi connectivity index (χ1n) is 7.71. The van der Waals surface area contributed by atoms with Gasteiger partial charge in [0.2, 0.25) is 5.91 Å². The number of carbonyl (C=O) groups is 1. The number of nitrogens with zero attached hydrogens (tertiary/aromatic N) is 3. The number of hydrogen-bond donors (Lipinski definition) is 1. The highest BCUT2D eigenvalue weighted by atomic mass is 32.1. The second-order valence-corrected chi connectivity index (χ2v) is 6.87. The minimum atomic E-state index is -0.903. The predicted octanol–water partition coefficient (Wildman–Crippen LogP) is 2.50. The first-order chi connectivity index (χ1) is 11.5. The molecule has 1 atom stereocenters. The fourth-order valence-corrected chi connectivity index (χ4v) is 3.21. The number of aromatic nitrogens is 1. The quantitative estimate of drug-likeness (QED) is 0.905. The maximum Gasteiger partial charge on any atom is 0.225 e. The van der Waals surface area contributed by atoms with Crippen LogP contribution in [0.5, 0.6) is 0 Å². The molecule has 3 rings (SSSR count). The van der Waals surface area contributed by atoms with Gasteiger partial charge < -0.3 is 5.32 Å². The van der Waals surface area contributed by atoms with Gasteiger partial charge in [-0.25, -0.2) is 19.9 Å². The Balaban J connectivity index is 1.69. The highest BCUT2D eigenvalue weighted by Gasteiger charge is 2.38. The van der Waals surface area contributed by atoms with Crippen LogP contribution in [0, 0.1) is 6.92 Å². The average molecular weight is 344 g/mol. The number of aryl methyl sites for hydroxylation is 1. The number of amides is 1. The lowest BCUT2D eigenvalue weighted by Crippen LogP contribution is -2.35. The van der Waals surface area contributed by atoms with Gasteiger partial charge in [-0.2, -0.15) is 0 Å². The van der Waals surface area contributed by atoms with Crippen molar-refractivity contribution < 1.29 is 9.63 Å². The maximum absolute atomic E-state index is 12.2. The standard InChI is InChI=1S/C17H20N4O2S/c1-12-6-4-5-7-13(12)16-20-17(2,23-21(16)3)10-14(22)19-11-15-18-8-9-24-15/h4-9H,10-11H2,1-3H3,(H,19,22). The van der Waals surface area contributed by atoms with Crippen molar-refractivity contribution in [2.45, 2.75) is 32.5 Å². The molecule has 1 amide bonds. The van der Waals surface area contributed by atoms with Crippen LogP contribution in [-0.2, 0) is 16.2 Å². The molecule has 1 aliphatic rings. The summed E-state index contributed by atoms with van der Waals surface area (Å²) in [5.74, 6) is 0.624. The van der Waals surface area contributed by atoms with Crippen molar-refractivity contribution in [2.75, 3.05) is 7.05 Å². The Hall–Kier alpha value is -2.25. The van der Waals surface area contributed by atoms with Gasteiger partial charge in [0.15, 0.2) is 11.6 Å². The average Bonchev–Trinajstić information content (AvgIpc) is 3.14. The van der Waals surface area contributed by atoms with Crippen molar-refractivity contribution in [3.8, 4) is 0 Å².